The summed E-state index contributed by atoms with van der Waals surface area (Å²) in [6, 6.07) is 1.83. The monoisotopic (exact) mass is 242 g/mol. The quantitative estimate of drug-likeness (QED) is 0.772. The van der Waals surface area contributed by atoms with E-state index in [1.54, 1.807) is 7.11 Å². The van der Waals surface area contributed by atoms with Gasteiger partial charge in [-0.3, -0.25) is 4.90 Å². The fourth-order valence-electron chi connectivity index (χ4n) is 2.86. The highest BCUT2D eigenvalue weighted by molar-refractivity contribution is 4.90. The fourth-order valence-corrected chi connectivity index (χ4v) is 2.86. The van der Waals surface area contributed by atoms with Crippen LogP contribution in [0.2, 0.25) is 0 Å². The molecule has 3 atom stereocenters. The van der Waals surface area contributed by atoms with Crippen LogP contribution in [0.1, 0.15) is 40.5 Å². The summed E-state index contributed by atoms with van der Waals surface area (Å²) >= 11 is 0. The Labute approximate surface area is 107 Å². The molecule has 1 aliphatic rings. The summed E-state index contributed by atoms with van der Waals surface area (Å²) in [7, 11) is 1.80. The lowest BCUT2D eigenvalue weighted by Gasteiger charge is -2.45. The molecule has 0 spiro atoms. The van der Waals surface area contributed by atoms with Gasteiger partial charge in [-0.05, 0) is 19.3 Å². The predicted octanol–water partition coefficient (Wildman–Crippen LogP) is 2.12. The minimum atomic E-state index is 0.522. The van der Waals surface area contributed by atoms with Crippen LogP contribution in [0.5, 0.6) is 0 Å². The molecular formula is C14H30N2O. The van der Waals surface area contributed by atoms with Gasteiger partial charge in [0, 0.05) is 38.3 Å². The second-order valence-electron chi connectivity index (χ2n) is 5.71. The molecule has 1 fully saturated rings. The number of methoxy groups -OCH3 is 1. The average molecular weight is 242 g/mol. The molecule has 0 saturated carbocycles. The average Bonchev–Trinajstić information content (AvgIpc) is 2.29. The summed E-state index contributed by atoms with van der Waals surface area (Å²) in [5.41, 5.74) is 0. The highest BCUT2D eigenvalue weighted by atomic mass is 16.5. The van der Waals surface area contributed by atoms with Crippen molar-refractivity contribution in [3.63, 3.8) is 0 Å². The third kappa shape index (κ3) is 4.23. The Kier molecular flexibility index (Phi) is 6.45. The van der Waals surface area contributed by atoms with Crippen molar-refractivity contribution >= 4 is 0 Å². The van der Waals surface area contributed by atoms with Gasteiger partial charge in [-0.25, -0.2) is 0 Å². The number of ether oxygens (including phenoxy) is 1. The molecule has 0 aromatic carbocycles. The second-order valence-corrected chi connectivity index (χ2v) is 5.71. The Morgan fingerprint density at radius 3 is 2.59 bits per heavy atom. The van der Waals surface area contributed by atoms with E-state index in [0.29, 0.717) is 24.0 Å². The molecule has 1 heterocycles. The van der Waals surface area contributed by atoms with E-state index < -0.39 is 0 Å². The number of piperazine rings is 1. The van der Waals surface area contributed by atoms with E-state index in [2.05, 4.69) is 37.9 Å². The molecular weight excluding hydrogens is 212 g/mol. The van der Waals surface area contributed by atoms with Crippen LogP contribution >= 0.6 is 0 Å². The zero-order chi connectivity index (χ0) is 12.8. The molecule has 3 heteroatoms. The highest BCUT2D eigenvalue weighted by Gasteiger charge is 2.32. The number of hydrogen-bond donors (Lipinski definition) is 1. The first-order valence-electron chi connectivity index (χ1n) is 7.08. The van der Waals surface area contributed by atoms with Crippen LogP contribution in [0, 0.1) is 5.92 Å². The molecule has 0 aromatic heterocycles. The zero-order valence-corrected chi connectivity index (χ0v) is 12.2. The van der Waals surface area contributed by atoms with Crippen LogP contribution in [0.25, 0.3) is 0 Å². The minimum Gasteiger partial charge on any atom is -0.383 e. The van der Waals surface area contributed by atoms with Crippen LogP contribution in [-0.2, 0) is 4.74 Å². The van der Waals surface area contributed by atoms with Crippen LogP contribution in [0.15, 0.2) is 0 Å². The Bertz CT molecular complexity index is 208. The first kappa shape index (κ1) is 14.9. The molecule has 1 rings (SSSR count). The molecule has 3 nitrogen and oxygen atoms in total. The summed E-state index contributed by atoms with van der Waals surface area (Å²) in [4.78, 5) is 2.64. The van der Waals surface area contributed by atoms with Crippen LogP contribution in [-0.4, -0.2) is 49.8 Å². The summed E-state index contributed by atoms with van der Waals surface area (Å²) in [5.74, 6) is 0.699. The lowest BCUT2D eigenvalue weighted by Crippen LogP contribution is -2.61. The lowest BCUT2D eigenvalue weighted by molar-refractivity contribution is 0.0230. The molecule has 1 N–H and O–H groups in total. The van der Waals surface area contributed by atoms with Gasteiger partial charge < -0.3 is 10.1 Å². The van der Waals surface area contributed by atoms with Gasteiger partial charge in [0.15, 0.2) is 0 Å². The van der Waals surface area contributed by atoms with Gasteiger partial charge >= 0.3 is 0 Å². The Hall–Kier alpha value is -0.120. The molecule has 0 amide bonds. The van der Waals surface area contributed by atoms with Gasteiger partial charge in [0.25, 0.3) is 0 Å². The van der Waals surface area contributed by atoms with Crippen LogP contribution in [0.3, 0.4) is 0 Å². The molecule has 1 aliphatic heterocycles. The third-order valence-electron chi connectivity index (χ3n) is 3.85. The smallest absolute Gasteiger partial charge is 0.0615 e. The van der Waals surface area contributed by atoms with Crippen molar-refractivity contribution in [3.05, 3.63) is 0 Å². The maximum Gasteiger partial charge on any atom is 0.0615 e. The number of nitrogens with one attached hydrogen (secondary N) is 1. The number of hydrogen-bond acceptors (Lipinski definition) is 3. The van der Waals surface area contributed by atoms with Crippen molar-refractivity contribution in [2.45, 2.75) is 58.7 Å². The van der Waals surface area contributed by atoms with E-state index in [-0.39, 0.29) is 0 Å². The fraction of sp³-hybridized carbons (Fsp3) is 1.00. The molecule has 0 aromatic rings. The van der Waals surface area contributed by atoms with E-state index >= 15 is 0 Å². The lowest BCUT2D eigenvalue weighted by atomic mass is 9.95. The summed E-state index contributed by atoms with van der Waals surface area (Å²) in [6.45, 7) is 12.3. The minimum absolute atomic E-state index is 0.522. The van der Waals surface area contributed by atoms with Crippen LogP contribution < -0.4 is 5.32 Å². The Balaban J connectivity index is 2.61. The Morgan fingerprint density at radius 2 is 2.06 bits per heavy atom. The largest absolute Gasteiger partial charge is 0.383 e. The second kappa shape index (κ2) is 7.34. The predicted molar refractivity (Wildman–Crippen MR) is 73.4 cm³/mol. The normalized spacial score (nSPS) is 28.6. The van der Waals surface area contributed by atoms with Crippen molar-refractivity contribution in [2.24, 2.45) is 5.92 Å². The molecule has 3 unspecified atom stereocenters. The molecule has 1 saturated heterocycles. The van der Waals surface area contributed by atoms with Crippen molar-refractivity contribution in [3.8, 4) is 0 Å². The maximum absolute atomic E-state index is 5.32. The summed E-state index contributed by atoms with van der Waals surface area (Å²) in [5, 5.41) is 3.70. The van der Waals surface area contributed by atoms with Gasteiger partial charge in [-0.1, -0.05) is 27.2 Å². The van der Waals surface area contributed by atoms with Crippen molar-refractivity contribution in [1.29, 1.82) is 0 Å². The van der Waals surface area contributed by atoms with Crippen molar-refractivity contribution in [2.75, 3.05) is 26.8 Å². The number of rotatable bonds is 6. The number of nitrogens with zero attached hydrogens (tertiary/aromatic N) is 1. The molecule has 0 bridgehead atoms. The Morgan fingerprint density at radius 1 is 1.35 bits per heavy atom. The molecule has 17 heavy (non-hydrogen) atoms. The first-order valence-corrected chi connectivity index (χ1v) is 7.08. The van der Waals surface area contributed by atoms with E-state index in [1.165, 1.54) is 19.4 Å². The third-order valence-corrected chi connectivity index (χ3v) is 3.85. The summed E-state index contributed by atoms with van der Waals surface area (Å²) in [6.07, 6.45) is 2.54. The topological polar surface area (TPSA) is 24.5 Å². The van der Waals surface area contributed by atoms with Crippen molar-refractivity contribution in [1.82, 2.24) is 10.2 Å². The van der Waals surface area contributed by atoms with E-state index in [0.717, 1.165) is 13.2 Å². The standard InChI is InChI=1S/C14H30N2O/c1-6-7-13-9-16(12(4)10-17-5)14(8-15-13)11(2)3/h11-15H,6-10H2,1-5H3. The highest BCUT2D eigenvalue weighted by Crippen LogP contribution is 2.19. The van der Waals surface area contributed by atoms with Gasteiger partial charge in [0.05, 0.1) is 6.61 Å². The molecule has 0 radical (unpaired) electrons. The molecule has 102 valence electrons. The molecule has 0 aliphatic carbocycles. The van der Waals surface area contributed by atoms with Crippen LogP contribution in [0.4, 0.5) is 0 Å². The van der Waals surface area contributed by atoms with E-state index in [1.807, 2.05) is 0 Å². The van der Waals surface area contributed by atoms with Gasteiger partial charge in [-0.15, -0.1) is 0 Å². The van der Waals surface area contributed by atoms with Crippen molar-refractivity contribution < 1.29 is 4.74 Å². The van der Waals surface area contributed by atoms with E-state index in [4.69, 9.17) is 4.74 Å². The van der Waals surface area contributed by atoms with Gasteiger partial charge in [0.2, 0.25) is 0 Å². The van der Waals surface area contributed by atoms with E-state index in [9.17, 15) is 0 Å². The SMILES string of the molecule is CCCC1CN(C(C)COC)C(C(C)C)CN1. The maximum atomic E-state index is 5.32. The van der Waals surface area contributed by atoms with Gasteiger partial charge in [0.1, 0.15) is 0 Å². The van der Waals surface area contributed by atoms with Gasteiger partial charge in [-0.2, -0.15) is 0 Å². The summed E-state index contributed by atoms with van der Waals surface area (Å²) < 4.78 is 5.32. The first-order chi connectivity index (χ1) is 8.10. The zero-order valence-electron chi connectivity index (χ0n) is 12.2.